The van der Waals surface area contributed by atoms with E-state index < -0.39 is 0 Å². The molecule has 0 aliphatic heterocycles. The molecule has 0 unspecified atom stereocenters. The Morgan fingerprint density at radius 2 is 1.75 bits per heavy atom. The highest BCUT2D eigenvalue weighted by Crippen LogP contribution is 2.24. The summed E-state index contributed by atoms with van der Waals surface area (Å²) < 4.78 is 1.82. The molecule has 1 amide bonds. The monoisotopic (exact) mass is 370 g/mol. The van der Waals surface area contributed by atoms with Crippen LogP contribution in [0.5, 0.6) is 0 Å². The van der Waals surface area contributed by atoms with Gasteiger partial charge in [-0.15, -0.1) is 0 Å². The fourth-order valence-corrected chi connectivity index (χ4v) is 3.28. The summed E-state index contributed by atoms with van der Waals surface area (Å²) in [7, 11) is 0. The second-order valence-corrected chi connectivity index (χ2v) is 6.61. The van der Waals surface area contributed by atoms with E-state index in [9.17, 15) is 4.79 Å². The maximum atomic E-state index is 13.0. The molecule has 0 saturated heterocycles. The largest absolute Gasteiger partial charge is 0.352 e. The molecule has 5 nitrogen and oxygen atoms in total. The molecule has 0 bridgehead atoms. The zero-order valence-corrected chi connectivity index (χ0v) is 15.8. The number of carbonyl (C=O) groups is 1. The van der Waals surface area contributed by atoms with Gasteiger partial charge in [-0.3, -0.25) is 4.79 Å². The lowest BCUT2D eigenvalue weighted by Gasteiger charge is -2.09. The Bertz CT molecular complexity index is 1090. The third-order valence-corrected chi connectivity index (χ3v) is 4.76. The Kier molecular flexibility index (Phi) is 5.15. The van der Waals surface area contributed by atoms with Gasteiger partial charge in [0, 0.05) is 18.7 Å². The molecule has 0 fully saturated rings. The molecule has 28 heavy (non-hydrogen) atoms. The molecule has 2 heterocycles. The molecule has 140 valence electrons. The zero-order chi connectivity index (χ0) is 19.3. The molecule has 0 aliphatic carbocycles. The van der Waals surface area contributed by atoms with E-state index in [-0.39, 0.29) is 5.91 Å². The molecule has 0 atom stereocenters. The van der Waals surface area contributed by atoms with Crippen molar-refractivity contribution >= 4 is 16.9 Å². The third kappa shape index (κ3) is 3.64. The van der Waals surface area contributed by atoms with Gasteiger partial charge in [0.2, 0.25) is 0 Å². The summed E-state index contributed by atoms with van der Waals surface area (Å²) in [6.45, 7) is 3.29. The predicted molar refractivity (Wildman–Crippen MR) is 111 cm³/mol. The van der Waals surface area contributed by atoms with Gasteiger partial charge < -0.3 is 5.32 Å². The smallest absolute Gasteiger partial charge is 0.252 e. The molecule has 1 N–H and O–H groups in total. The van der Waals surface area contributed by atoms with Gasteiger partial charge in [0.1, 0.15) is 0 Å². The molecule has 5 heteroatoms. The molecule has 0 radical (unpaired) electrons. The van der Waals surface area contributed by atoms with Gasteiger partial charge in [-0.2, -0.15) is 5.10 Å². The van der Waals surface area contributed by atoms with E-state index in [1.807, 2.05) is 66.2 Å². The average Bonchev–Trinajstić information content (AvgIpc) is 3.17. The van der Waals surface area contributed by atoms with Crippen LogP contribution >= 0.6 is 0 Å². The van der Waals surface area contributed by atoms with Gasteiger partial charge in [0.15, 0.2) is 5.65 Å². The standard InChI is InChI=1S/C23H22N4O/c1-2-27-22-20(16-25-27)19(15-21(26-22)18-11-7-4-8-12-18)23(28)24-14-13-17-9-5-3-6-10-17/h3-12,15-16H,2,13-14H2,1H3,(H,24,28). The molecule has 0 aliphatic rings. The number of nitrogens with one attached hydrogen (secondary N) is 1. The Hall–Kier alpha value is -3.47. The van der Waals surface area contributed by atoms with E-state index in [0.29, 0.717) is 18.7 Å². The number of amides is 1. The third-order valence-electron chi connectivity index (χ3n) is 4.76. The Balaban J connectivity index is 1.65. The lowest BCUT2D eigenvalue weighted by Crippen LogP contribution is -2.26. The summed E-state index contributed by atoms with van der Waals surface area (Å²) in [4.78, 5) is 17.7. The Morgan fingerprint density at radius 1 is 1.04 bits per heavy atom. The predicted octanol–water partition coefficient (Wildman–Crippen LogP) is 4.09. The summed E-state index contributed by atoms with van der Waals surface area (Å²) in [5, 5.41) is 8.21. The van der Waals surface area contributed by atoms with Crippen LogP contribution in [0.1, 0.15) is 22.8 Å². The molecular weight excluding hydrogens is 348 g/mol. The molecule has 4 aromatic rings. The van der Waals surface area contributed by atoms with Crippen molar-refractivity contribution in [2.75, 3.05) is 6.54 Å². The number of aromatic nitrogens is 3. The summed E-state index contributed by atoms with van der Waals surface area (Å²) in [6, 6.07) is 21.9. The fourth-order valence-electron chi connectivity index (χ4n) is 3.28. The van der Waals surface area contributed by atoms with Crippen molar-refractivity contribution in [1.29, 1.82) is 0 Å². The Morgan fingerprint density at radius 3 is 2.46 bits per heavy atom. The number of hydrogen-bond donors (Lipinski definition) is 1. The highest BCUT2D eigenvalue weighted by Gasteiger charge is 2.17. The average molecular weight is 370 g/mol. The minimum absolute atomic E-state index is 0.101. The number of benzene rings is 2. The molecule has 2 aromatic carbocycles. The first-order chi connectivity index (χ1) is 13.8. The lowest BCUT2D eigenvalue weighted by atomic mass is 10.1. The van der Waals surface area contributed by atoms with E-state index >= 15 is 0 Å². The van der Waals surface area contributed by atoms with Crippen molar-refractivity contribution in [2.45, 2.75) is 19.9 Å². The highest BCUT2D eigenvalue weighted by molar-refractivity contribution is 6.06. The van der Waals surface area contributed by atoms with Crippen LogP contribution in [-0.2, 0) is 13.0 Å². The van der Waals surface area contributed by atoms with Crippen LogP contribution in [0.4, 0.5) is 0 Å². The number of hydrogen-bond acceptors (Lipinski definition) is 3. The molecule has 0 spiro atoms. The molecule has 4 rings (SSSR count). The van der Waals surface area contributed by atoms with E-state index in [1.54, 1.807) is 6.20 Å². The van der Waals surface area contributed by atoms with Crippen molar-refractivity contribution in [1.82, 2.24) is 20.1 Å². The van der Waals surface area contributed by atoms with Crippen LogP contribution in [0.2, 0.25) is 0 Å². The second kappa shape index (κ2) is 8.05. The summed E-state index contributed by atoms with van der Waals surface area (Å²) in [5.41, 5.74) is 4.29. The molecular formula is C23H22N4O. The molecule has 2 aromatic heterocycles. The van der Waals surface area contributed by atoms with E-state index in [2.05, 4.69) is 22.5 Å². The van der Waals surface area contributed by atoms with Crippen LogP contribution in [0.3, 0.4) is 0 Å². The van der Waals surface area contributed by atoms with Crippen LogP contribution in [0.25, 0.3) is 22.3 Å². The SMILES string of the molecule is CCn1ncc2c(C(=O)NCCc3ccccc3)cc(-c3ccccc3)nc21. The van der Waals surface area contributed by atoms with Crippen LogP contribution < -0.4 is 5.32 Å². The van der Waals surface area contributed by atoms with Crippen molar-refractivity contribution < 1.29 is 4.79 Å². The fraction of sp³-hybridized carbons (Fsp3) is 0.174. The van der Waals surface area contributed by atoms with Gasteiger partial charge in [0.05, 0.1) is 22.8 Å². The van der Waals surface area contributed by atoms with Crippen molar-refractivity contribution in [3.05, 3.63) is 84.1 Å². The summed E-state index contributed by atoms with van der Waals surface area (Å²) >= 11 is 0. The second-order valence-electron chi connectivity index (χ2n) is 6.61. The molecule has 0 saturated carbocycles. The Labute approximate surface area is 164 Å². The first-order valence-corrected chi connectivity index (χ1v) is 9.50. The normalized spacial score (nSPS) is 10.9. The van der Waals surface area contributed by atoms with Gasteiger partial charge >= 0.3 is 0 Å². The quantitative estimate of drug-likeness (QED) is 0.556. The number of pyridine rings is 1. The maximum Gasteiger partial charge on any atom is 0.252 e. The van der Waals surface area contributed by atoms with E-state index in [4.69, 9.17) is 4.98 Å². The summed E-state index contributed by atoms with van der Waals surface area (Å²) in [6.07, 6.45) is 2.52. The zero-order valence-electron chi connectivity index (χ0n) is 15.8. The van der Waals surface area contributed by atoms with Crippen LogP contribution in [-0.4, -0.2) is 27.2 Å². The van der Waals surface area contributed by atoms with E-state index in [0.717, 1.165) is 28.7 Å². The lowest BCUT2D eigenvalue weighted by molar-refractivity contribution is 0.0955. The van der Waals surface area contributed by atoms with Gasteiger partial charge in [0.25, 0.3) is 5.91 Å². The van der Waals surface area contributed by atoms with Crippen molar-refractivity contribution in [3.8, 4) is 11.3 Å². The van der Waals surface area contributed by atoms with Crippen LogP contribution in [0, 0.1) is 0 Å². The highest BCUT2D eigenvalue weighted by atomic mass is 16.1. The minimum atomic E-state index is -0.101. The number of rotatable bonds is 6. The van der Waals surface area contributed by atoms with Crippen molar-refractivity contribution in [2.24, 2.45) is 0 Å². The van der Waals surface area contributed by atoms with Crippen LogP contribution in [0.15, 0.2) is 72.9 Å². The number of carbonyl (C=O) groups excluding carboxylic acids is 1. The van der Waals surface area contributed by atoms with Gasteiger partial charge in [-0.1, -0.05) is 60.7 Å². The first-order valence-electron chi connectivity index (χ1n) is 9.50. The minimum Gasteiger partial charge on any atom is -0.352 e. The van der Waals surface area contributed by atoms with E-state index in [1.165, 1.54) is 5.56 Å². The first kappa shape index (κ1) is 17.9. The topological polar surface area (TPSA) is 59.8 Å². The number of nitrogens with zero attached hydrogens (tertiary/aromatic N) is 3. The maximum absolute atomic E-state index is 13.0. The summed E-state index contributed by atoms with van der Waals surface area (Å²) in [5.74, 6) is -0.101. The van der Waals surface area contributed by atoms with Crippen molar-refractivity contribution in [3.63, 3.8) is 0 Å². The number of aryl methyl sites for hydroxylation is 1. The van der Waals surface area contributed by atoms with Gasteiger partial charge in [-0.25, -0.2) is 9.67 Å². The number of fused-ring (bicyclic) bond motifs is 1. The van der Waals surface area contributed by atoms with Gasteiger partial charge in [-0.05, 0) is 25.0 Å².